The predicted octanol–water partition coefficient (Wildman–Crippen LogP) is 4.91. The molecule has 1 aliphatic heterocycles. The van der Waals surface area contributed by atoms with Crippen LogP contribution in [0.5, 0.6) is 0 Å². The lowest BCUT2D eigenvalue weighted by atomic mass is 9.88. The van der Waals surface area contributed by atoms with Crippen LogP contribution in [-0.4, -0.2) is 28.3 Å². The van der Waals surface area contributed by atoms with E-state index in [0.717, 1.165) is 16.7 Å². The predicted molar refractivity (Wildman–Crippen MR) is 130 cm³/mol. The maximum absolute atomic E-state index is 14.0. The Morgan fingerprint density at radius 3 is 2.47 bits per heavy atom. The molecule has 0 aliphatic carbocycles. The van der Waals surface area contributed by atoms with E-state index < -0.39 is 11.6 Å². The van der Waals surface area contributed by atoms with Crippen LogP contribution in [0.4, 0.5) is 5.69 Å². The molecule has 4 rings (SSSR count). The van der Waals surface area contributed by atoms with Gasteiger partial charge in [-0.25, -0.2) is 4.79 Å². The summed E-state index contributed by atoms with van der Waals surface area (Å²) in [5, 5.41) is 2.79. The molecule has 0 radical (unpaired) electrons. The summed E-state index contributed by atoms with van der Waals surface area (Å²) in [4.78, 5) is 40.0. The summed E-state index contributed by atoms with van der Waals surface area (Å²) in [7, 11) is 0. The Labute approximate surface area is 199 Å². The zero-order chi connectivity index (χ0) is 24.3. The fourth-order valence-corrected chi connectivity index (χ4v) is 4.38. The lowest BCUT2D eigenvalue weighted by Crippen LogP contribution is -2.53. The molecule has 34 heavy (non-hydrogen) atoms. The first-order valence-electron chi connectivity index (χ1n) is 11.3. The number of carbonyl (C=O) groups is 3. The smallest absolute Gasteiger partial charge is 0.339 e. The molecule has 0 aromatic heterocycles. The number of benzene rings is 3. The molecule has 6 nitrogen and oxygen atoms in total. The van der Waals surface area contributed by atoms with Crippen LogP contribution in [0.25, 0.3) is 0 Å². The lowest BCUT2D eigenvalue weighted by Gasteiger charge is -2.39. The van der Waals surface area contributed by atoms with Gasteiger partial charge in [-0.3, -0.25) is 9.59 Å². The number of amides is 2. The second-order valence-corrected chi connectivity index (χ2v) is 8.86. The van der Waals surface area contributed by atoms with Gasteiger partial charge in [-0.2, -0.15) is 0 Å². The van der Waals surface area contributed by atoms with E-state index in [4.69, 9.17) is 4.74 Å². The Kier molecular flexibility index (Phi) is 6.50. The number of nitrogens with zero attached hydrogens (tertiary/aromatic N) is 1. The average molecular weight is 457 g/mol. The van der Waals surface area contributed by atoms with Crippen molar-refractivity contribution in [2.24, 2.45) is 0 Å². The Hall–Kier alpha value is -3.93. The largest absolute Gasteiger partial charge is 0.445 e. The van der Waals surface area contributed by atoms with E-state index in [1.807, 2.05) is 73.7 Å². The quantitative estimate of drug-likeness (QED) is 0.535. The van der Waals surface area contributed by atoms with E-state index in [1.54, 1.807) is 24.0 Å². The van der Waals surface area contributed by atoms with Gasteiger partial charge in [0.1, 0.15) is 0 Å². The molecule has 2 unspecified atom stereocenters. The third-order valence-corrected chi connectivity index (χ3v) is 6.15. The van der Waals surface area contributed by atoms with Gasteiger partial charge < -0.3 is 15.0 Å². The van der Waals surface area contributed by atoms with Crippen molar-refractivity contribution < 1.29 is 19.1 Å². The molecule has 0 saturated heterocycles. The van der Waals surface area contributed by atoms with Gasteiger partial charge in [0.15, 0.2) is 5.60 Å². The zero-order valence-corrected chi connectivity index (χ0v) is 19.6. The zero-order valence-electron chi connectivity index (χ0n) is 19.6. The van der Waals surface area contributed by atoms with Crippen molar-refractivity contribution in [3.63, 3.8) is 0 Å². The summed E-state index contributed by atoms with van der Waals surface area (Å²) in [5.41, 5.74) is 2.46. The van der Waals surface area contributed by atoms with Crippen molar-refractivity contribution in [2.75, 3.05) is 5.32 Å². The number of nitrogens with one attached hydrogen (secondary N) is 1. The van der Waals surface area contributed by atoms with Crippen molar-refractivity contribution in [3.05, 3.63) is 101 Å². The van der Waals surface area contributed by atoms with Crippen LogP contribution in [0.1, 0.15) is 53.9 Å². The van der Waals surface area contributed by atoms with Crippen LogP contribution in [0.15, 0.2) is 78.9 Å². The fourth-order valence-electron chi connectivity index (χ4n) is 4.38. The first kappa shape index (κ1) is 23.2. The van der Waals surface area contributed by atoms with Gasteiger partial charge in [0.25, 0.3) is 5.91 Å². The van der Waals surface area contributed by atoms with Crippen molar-refractivity contribution in [1.29, 1.82) is 0 Å². The topological polar surface area (TPSA) is 75.7 Å². The molecule has 1 heterocycles. The fraction of sp³-hybridized carbons (Fsp3) is 0.250. The molecule has 0 bridgehead atoms. The Morgan fingerprint density at radius 2 is 1.74 bits per heavy atom. The molecule has 2 atom stereocenters. The van der Waals surface area contributed by atoms with Gasteiger partial charge in [0, 0.05) is 25.6 Å². The summed E-state index contributed by atoms with van der Waals surface area (Å²) in [6.45, 7) is 5.43. The normalized spacial score (nSPS) is 17.8. The molecule has 3 aromatic carbocycles. The monoisotopic (exact) mass is 456 g/mol. The summed E-state index contributed by atoms with van der Waals surface area (Å²) in [6.07, 6.45) is 0.303. The van der Waals surface area contributed by atoms with Crippen LogP contribution in [0.2, 0.25) is 0 Å². The molecule has 6 heteroatoms. The summed E-state index contributed by atoms with van der Waals surface area (Å²) in [6, 6.07) is 24.1. The van der Waals surface area contributed by atoms with Gasteiger partial charge in [-0.15, -0.1) is 0 Å². The van der Waals surface area contributed by atoms with Crippen molar-refractivity contribution in [2.45, 2.75) is 45.4 Å². The molecule has 0 saturated carbocycles. The highest BCUT2D eigenvalue weighted by atomic mass is 16.6. The van der Waals surface area contributed by atoms with E-state index in [1.165, 1.54) is 6.92 Å². The Bertz CT molecular complexity index is 1220. The number of carbonyl (C=O) groups excluding carboxylic acids is 3. The minimum atomic E-state index is -1.33. The highest BCUT2D eigenvalue weighted by molar-refractivity contribution is 5.97. The van der Waals surface area contributed by atoms with E-state index in [-0.39, 0.29) is 17.9 Å². The third-order valence-electron chi connectivity index (χ3n) is 6.15. The summed E-state index contributed by atoms with van der Waals surface area (Å²) in [5.74, 6) is -0.920. The molecule has 174 valence electrons. The van der Waals surface area contributed by atoms with Crippen LogP contribution >= 0.6 is 0 Å². The number of hydrogen-bond acceptors (Lipinski definition) is 4. The molecule has 1 N–H and O–H groups in total. The van der Waals surface area contributed by atoms with Crippen molar-refractivity contribution in [3.8, 4) is 0 Å². The number of cyclic esters (lactones) is 1. The molecular formula is C28H28N2O4. The first-order chi connectivity index (χ1) is 16.3. The minimum Gasteiger partial charge on any atom is -0.445 e. The molecular weight excluding hydrogens is 428 g/mol. The Balaban J connectivity index is 1.69. The van der Waals surface area contributed by atoms with Gasteiger partial charge >= 0.3 is 5.97 Å². The highest BCUT2D eigenvalue weighted by Crippen LogP contribution is 2.34. The van der Waals surface area contributed by atoms with Crippen LogP contribution in [-0.2, 0) is 27.3 Å². The van der Waals surface area contributed by atoms with Crippen LogP contribution in [0.3, 0.4) is 0 Å². The summed E-state index contributed by atoms with van der Waals surface area (Å²) >= 11 is 0. The van der Waals surface area contributed by atoms with Gasteiger partial charge in [0.05, 0.1) is 11.6 Å². The van der Waals surface area contributed by atoms with E-state index in [2.05, 4.69) is 5.32 Å². The van der Waals surface area contributed by atoms with Crippen LogP contribution < -0.4 is 5.32 Å². The summed E-state index contributed by atoms with van der Waals surface area (Å²) < 4.78 is 5.76. The molecule has 0 spiro atoms. The maximum Gasteiger partial charge on any atom is 0.339 e. The average Bonchev–Trinajstić information content (AvgIpc) is 2.82. The SMILES string of the molecule is CC(=O)Nc1cccc(C(C)N(Cc2ccccc2)C(=O)C2(C)Cc3ccccc3C(=O)O2)c1. The number of esters is 1. The number of rotatable bonds is 6. The molecule has 0 fully saturated rings. The molecule has 2 amide bonds. The lowest BCUT2D eigenvalue weighted by molar-refractivity contribution is -0.154. The maximum atomic E-state index is 14.0. The Morgan fingerprint density at radius 1 is 1.03 bits per heavy atom. The van der Waals surface area contributed by atoms with E-state index in [0.29, 0.717) is 24.2 Å². The highest BCUT2D eigenvalue weighted by Gasteiger charge is 2.45. The second-order valence-electron chi connectivity index (χ2n) is 8.86. The third kappa shape index (κ3) is 4.86. The van der Waals surface area contributed by atoms with E-state index >= 15 is 0 Å². The number of fused-ring (bicyclic) bond motifs is 1. The van der Waals surface area contributed by atoms with Crippen LogP contribution in [0, 0.1) is 0 Å². The first-order valence-corrected chi connectivity index (χ1v) is 11.3. The molecule has 3 aromatic rings. The van der Waals surface area contributed by atoms with Crippen molar-refractivity contribution in [1.82, 2.24) is 4.90 Å². The number of ether oxygens (including phenoxy) is 1. The molecule has 1 aliphatic rings. The minimum absolute atomic E-state index is 0.165. The second kappa shape index (κ2) is 9.51. The van der Waals surface area contributed by atoms with Gasteiger partial charge in [0.2, 0.25) is 5.91 Å². The van der Waals surface area contributed by atoms with Gasteiger partial charge in [-0.05, 0) is 48.7 Å². The van der Waals surface area contributed by atoms with E-state index in [9.17, 15) is 14.4 Å². The standard InChI is InChI=1S/C28H28N2O4/c1-19(22-13-9-14-24(16-22)29-20(2)31)30(18-21-10-5-4-6-11-21)27(33)28(3)17-23-12-7-8-15-25(23)26(32)34-28/h4-16,19H,17-18H2,1-3H3,(H,29,31). The number of hydrogen-bond donors (Lipinski definition) is 1. The number of anilines is 1. The van der Waals surface area contributed by atoms with Crippen molar-refractivity contribution >= 4 is 23.5 Å². The van der Waals surface area contributed by atoms with Gasteiger partial charge in [-0.1, -0.05) is 60.7 Å².